The average molecular weight is 476 g/mol. The van der Waals surface area contributed by atoms with Gasteiger partial charge in [0, 0.05) is 22.2 Å². The van der Waals surface area contributed by atoms with Gasteiger partial charge in [-0.1, -0.05) is 60.1 Å². The van der Waals surface area contributed by atoms with E-state index in [0.717, 1.165) is 37.0 Å². The molecule has 0 amide bonds. The molecule has 0 saturated carbocycles. The van der Waals surface area contributed by atoms with Crippen molar-refractivity contribution in [2.75, 3.05) is 5.32 Å². The van der Waals surface area contributed by atoms with Crippen molar-refractivity contribution >= 4 is 55.0 Å². The van der Waals surface area contributed by atoms with E-state index in [9.17, 15) is 9.90 Å². The number of fused-ring (bicyclic) bond motifs is 3. The number of nitrogens with zero attached hydrogens (tertiary/aromatic N) is 2. The number of aliphatic carboxylic acids is 1. The van der Waals surface area contributed by atoms with Crippen molar-refractivity contribution in [1.82, 2.24) is 9.97 Å². The largest absolute Gasteiger partial charge is 0.506 e. The number of carboxylic acids is 1. The molecule has 0 fully saturated rings. The van der Waals surface area contributed by atoms with Gasteiger partial charge in [0.15, 0.2) is 5.82 Å². The minimum Gasteiger partial charge on any atom is -0.506 e. The van der Waals surface area contributed by atoms with E-state index in [4.69, 9.17) is 26.7 Å². The molecule has 0 aliphatic rings. The molecule has 8 heteroatoms. The fourth-order valence-electron chi connectivity index (χ4n) is 3.67. The average Bonchev–Trinajstić information content (AvgIpc) is 3.18. The highest BCUT2D eigenvalue weighted by molar-refractivity contribution is 7.25. The lowest BCUT2D eigenvalue weighted by Gasteiger charge is -2.11. The lowest BCUT2D eigenvalue weighted by Crippen LogP contribution is -2.04. The molecular weight excluding hydrogens is 458 g/mol. The molecule has 5 aromatic rings. The highest BCUT2D eigenvalue weighted by Crippen LogP contribution is 2.38. The molecule has 0 atom stereocenters. The van der Waals surface area contributed by atoms with Gasteiger partial charge in [-0.3, -0.25) is 4.79 Å². The van der Waals surface area contributed by atoms with E-state index in [0.29, 0.717) is 23.2 Å². The van der Waals surface area contributed by atoms with Crippen LogP contribution in [-0.2, 0) is 17.8 Å². The Hall–Kier alpha value is -3.68. The highest BCUT2D eigenvalue weighted by Gasteiger charge is 2.15. The van der Waals surface area contributed by atoms with E-state index in [1.807, 2.05) is 24.3 Å². The number of aromatic nitrogens is 2. The number of hydrogen-bond acceptors (Lipinski definition) is 6. The summed E-state index contributed by atoms with van der Waals surface area (Å²) >= 11 is 7.66. The van der Waals surface area contributed by atoms with Crippen LogP contribution in [-0.4, -0.2) is 26.2 Å². The van der Waals surface area contributed by atoms with Crippen molar-refractivity contribution in [2.24, 2.45) is 0 Å². The monoisotopic (exact) mass is 475 g/mol. The smallest absolute Gasteiger partial charge is 0.307 e. The minimum absolute atomic E-state index is 0.0293. The number of rotatable bonds is 6. The first kappa shape index (κ1) is 21.2. The van der Waals surface area contributed by atoms with Crippen LogP contribution in [0, 0.1) is 0 Å². The van der Waals surface area contributed by atoms with Crippen LogP contribution in [0.15, 0.2) is 66.7 Å². The van der Waals surface area contributed by atoms with Crippen molar-refractivity contribution in [1.29, 1.82) is 0 Å². The Labute approximate surface area is 198 Å². The molecule has 5 rings (SSSR count). The van der Waals surface area contributed by atoms with Crippen LogP contribution in [0.2, 0.25) is 5.02 Å². The number of nitrogens with one attached hydrogen (secondary N) is 1. The topological polar surface area (TPSA) is 95.3 Å². The lowest BCUT2D eigenvalue weighted by atomic mass is 10.1. The van der Waals surface area contributed by atoms with E-state index >= 15 is 0 Å². The SMILES string of the molecule is O=C(O)Cc1ccc(-c2nc(NCc3ccc(O)c(Cl)c3)c3c(n2)sc2ccccc23)cc1. The third kappa shape index (κ3) is 4.33. The predicted octanol–water partition coefficient (Wildman–Crippen LogP) is 6.11. The van der Waals surface area contributed by atoms with Crippen LogP contribution < -0.4 is 5.32 Å². The summed E-state index contributed by atoms with van der Waals surface area (Å²) in [7, 11) is 0. The van der Waals surface area contributed by atoms with E-state index in [1.165, 1.54) is 0 Å². The maximum absolute atomic E-state index is 11.0. The number of anilines is 1. The Morgan fingerprint density at radius 3 is 2.52 bits per heavy atom. The number of phenols is 1. The van der Waals surface area contributed by atoms with Crippen molar-refractivity contribution in [3.8, 4) is 17.1 Å². The maximum atomic E-state index is 11.0. The zero-order valence-corrected chi connectivity index (χ0v) is 18.8. The summed E-state index contributed by atoms with van der Waals surface area (Å²) in [5.74, 6) is 0.433. The third-order valence-electron chi connectivity index (χ3n) is 5.28. The van der Waals surface area contributed by atoms with E-state index in [2.05, 4.69) is 17.4 Å². The highest BCUT2D eigenvalue weighted by atomic mass is 35.5. The number of aromatic hydroxyl groups is 1. The standard InChI is InChI=1S/C25H18ClN3O3S/c26-18-11-15(7-10-19(18)30)13-27-24-22-17-3-1-2-4-20(17)33-25(22)29-23(28-24)16-8-5-14(6-9-16)12-21(31)32/h1-11,30H,12-13H2,(H,31,32)(H,27,28,29). The normalized spacial score (nSPS) is 11.2. The summed E-state index contributed by atoms with van der Waals surface area (Å²) in [4.78, 5) is 21.5. The molecule has 0 bridgehead atoms. The molecule has 0 saturated heterocycles. The molecule has 0 unspecified atom stereocenters. The van der Waals surface area contributed by atoms with E-state index in [-0.39, 0.29) is 12.2 Å². The molecular formula is C25H18ClN3O3S. The molecule has 0 radical (unpaired) electrons. The molecule has 0 aliphatic heterocycles. The number of halogens is 1. The Morgan fingerprint density at radius 2 is 1.76 bits per heavy atom. The molecule has 3 N–H and O–H groups in total. The quantitative estimate of drug-likeness (QED) is 0.274. The summed E-state index contributed by atoms with van der Waals surface area (Å²) in [6.45, 7) is 0.466. The molecule has 0 spiro atoms. The Kier molecular flexibility index (Phi) is 5.58. The first-order valence-electron chi connectivity index (χ1n) is 10.2. The maximum Gasteiger partial charge on any atom is 0.307 e. The summed E-state index contributed by atoms with van der Waals surface area (Å²) in [5, 5.41) is 24.4. The van der Waals surface area contributed by atoms with Gasteiger partial charge in [0.2, 0.25) is 0 Å². The van der Waals surface area contributed by atoms with Crippen LogP contribution in [0.4, 0.5) is 5.82 Å². The number of carboxylic acid groups (broad SMARTS) is 1. The predicted molar refractivity (Wildman–Crippen MR) is 132 cm³/mol. The number of thiophene rings is 1. The van der Waals surface area contributed by atoms with Gasteiger partial charge in [0.1, 0.15) is 16.4 Å². The van der Waals surface area contributed by atoms with Gasteiger partial charge in [-0.15, -0.1) is 11.3 Å². The van der Waals surface area contributed by atoms with Gasteiger partial charge in [-0.05, 0) is 29.3 Å². The number of phenolic OH excluding ortho intramolecular Hbond substituents is 1. The van der Waals surface area contributed by atoms with Gasteiger partial charge in [0.05, 0.1) is 16.8 Å². The van der Waals surface area contributed by atoms with Gasteiger partial charge in [-0.25, -0.2) is 9.97 Å². The molecule has 33 heavy (non-hydrogen) atoms. The first-order chi connectivity index (χ1) is 16.0. The zero-order chi connectivity index (χ0) is 22.9. The second kappa shape index (κ2) is 8.69. The second-order valence-electron chi connectivity index (χ2n) is 7.58. The van der Waals surface area contributed by atoms with Crippen LogP contribution in [0.25, 0.3) is 31.7 Å². The van der Waals surface area contributed by atoms with E-state index in [1.54, 1.807) is 41.7 Å². The van der Waals surface area contributed by atoms with Crippen LogP contribution in [0.5, 0.6) is 5.75 Å². The Morgan fingerprint density at radius 1 is 1.00 bits per heavy atom. The number of hydrogen-bond donors (Lipinski definition) is 3. The van der Waals surface area contributed by atoms with Gasteiger partial charge >= 0.3 is 5.97 Å². The third-order valence-corrected chi connectivity index (χ3v) is 6.65. The zero-order valence-electron chi connectivity index (χ0n) is 17.2. The van der Waals surface area contributed by atoms with E-state index < -0.39 is 5.97 Å². The Bertz CT molecular complexity index is 1500. The van der Waals surface area contributed by atoms with Crippen molar-refractivity contribution in [3.05, 3.63) is 82.9 Å². The van der Waals surface area contributed by atoms with Crippen LogP contribution >= 0.6 is 22.9 Å². The van der Waals surface area contributed by atoms with Gasteiger partial charge in [0.25, 0.3) is 0 Å². The summed E-state index contributed by atoms with van der Waals surface area (Å²) in [5.41, 5.74) is 2.43. The number of benzene rings is 3. The van der Waals surface area contributed by atoms with Crippen molar-refractivity contribution < 1.29 is 15.0 Å². The van der Waals surface area contributed by atoms with Crippen LogP contribution in [0.1, 0.15) is 11.1 Å². The molecule has 0 aliphatic carbocycles. The fourth-order valence-corrected chi connectivity index (χ4v) is 4.95. The van der Waals surface area contributed by atoms with Gasteiger partial charge < -0.3 is 15.5 Å². The first-order valence-corrected chi connectivity index (χ1v) is 11.4. The molecule has 2 aromatic heterocycles. The summed E-state index contributed by atoms with van der Waals surface area (Å²) in [6, 6.07) is 20.5. The lowest BCUT2D eigenvalue weighted by molar-refractivity contribution is -0.136. The molecule has 164 valence electrons. The van der Waals surface area contributed by atoms with Gasteiger partial charge in [-0.2, -0.15) is 0 Å². The molecule has 2 heterocycles. The summed E-state index contributed by atoms with van der Waals surface area (Å²) < 4.78 is 1.12. The van der Waals surface area contributed by atoms with Crippen LogP contribution in [0.3, 0.4) is 0 Å². The Balaban J connectivity index is 1.57. The molecule has 6 nitrogen and oxygen atoms in total. The number of carbonyl (C=O) groups is 1. The fraction of sp³-hybridized carbons (Fsp3) is 0.0800. The second-order valence-corrected chi connectivity index (χ2v) is 9.02. The van der Waals surface area contributed by atoms with Crippen molar-refractivity contribution in [3.63, 3.8) is 0 Å². The minimum atomic E-state index is -0.869. The van der Waals surface area contributed by atoms with Crippen molar-refractivity contribution in [2.45, 2.75) is 13.0 Å². The summed E-state index contributed by atoms with van der Waals surface area (Å²) in [6.07, 6.45) is -0.0293. The molecule has 3 aromatic carbocycles.